The van der Waals surface area contributed by atoms with Gasteiger partial charge in [-0.15, -0.1) is 0 Å². The molecule has 0 spiro atoms. The molecule has 22 heavy (non-hydrogen) atoms. The number of carbonyl (C=O) groups is 2. The van der Waals surface area contributed by atoms with Crippen LogP contribution in [0.15, 0.2) is 48.5 Å². The van der Waals surface area contributed by atoms with E-state index in [0.29, 0.717) is 18.4 Å². The molecule has 0 saturated carbocycles. The van der Waals surface area contributed by atoms with Gasteiger partial charge in [0.25, 0.3) is 5.91 Å². The standard InChI is InChI=1S/C17H16INO3/c1-22-16(20)10-7-12-5-8-15(9-6-12)19-17(21)13-3-2-4-14(18)11-13/h2-6,8-9,11H,7,10H2,1H3,(H,19,21). The highest BCUT2D eigenvalue weighted by Gasteiger charge is 2.07. The zero-order valence-corrected chi connectivity index (χ0v) is 14.3. The summed E-state index contributed by atoms with van der Waals surface area (Å²) in [6, 6.07) is 14.9. The van der Waals surface area contributed by atoms with Crippen LogP contribution in [0.1, 0.15) is 22.3 Å². The van der Waals surface area contributed by atoms with Crippen molar-refractivity contribution in [3.8, 4) is 0 Å². The van der Waals surface area contributed by atoms with E-state index in [1.165, 1.54) is 7.11 Å². The molecule has 0 fully saturated rings. The smallest absolute Gasteiger partial charge is 0.305 e. The zero-order valence-electron chi connectivity index (χ0n) is 12.1. The quantitative estimate of drug-likeness (QED) is 0.606. The van der Waals surface area contributed by atoms with E-state index in [1.54, 1.807) is 6.07 Å². The molecule has 2 rings (SSSR count). The molecule has 2 aromatic carbocycles. The Labute approximate surface area is 143 Å². The molecule has 2 aromatic rings. The Morgan fingerprint density at radius 2 is 1.86 bits per heavy atom. The monoisotopic (exact) mass is 409 g/mol. The highest BCUT2D eigenvalue weighted by atomic mass is 127. The SMILES string of the molecule is COC(=O)CCc1ccc(NC(=O)c2cccc(I)c2)cc1. The lowest BCUT2D eigenvalue weighted by molar-refractivity contribution is -0.140. The van der Waals surface area contributed by atoms with E-state index in [-0.39, 0.29) is 11.9 Å². The lowest BCUT2D eigenvalue weighted by atomic mass is 10.1. The molecule has 0 heterocycles. The van der Waals surface area contributed by atoms with E-state index in [0.717, 1.165) is 14.8 Å². The molecule has 0 saturated heterocycles. The third-order valence-corrected chi connectivity index (χ3v) is 3.82. The first-order chi connectivity index (χ1) is 10.6. The number of anilines is 1. The summed E-state index contributed by atoms with van der Waals surface area (Å²) in [6.45, 7) is 0. The van der Waals surface area contributed by atoms with Crippen molar-refractivity contribution in [3.05, 3.63) is 63.2 Å². The van der Waals surface area contributed by atoms with Gasteiger partial charge in [0, 0.05) is 21.2 Å². The van der Waals surface area contributed by atoms with E-state index in [2.05, 4.69) is 32.6 Å². The minimum absolute atomic E-state index is 0.138. The Morgan fingerprint density at radius 3 is 2.50 bits per heavy atom. The van der Waals surface area contributed by atoms with Crippen molar-refractivity contribution in [2.75, 3.05) is 12.4 Å². The minimum Gasteiger partial charge on any atom is -0.469 e. The average Bonchev–Trinajstić information content (AvgIpc) is 2.53. The molecular formula is C17H16INO3. The Hall–Kier alpha value is -1.89. The molecule has 0 aliphatic rings. The largest absolute Gasteiger partial charge is 0.469 e. The molecular weight excluding hydrogens is 393 g/mol. The minimum atomic E-state index is -0.226. The van der Waals surface area contributed by atoms with Crippen molar-refractivity contribution in [3.63, 3.8) is 0 Å². The first kappa shape index (κ1) is 16.5. The molecule has 114 valence electrons. The second kappa shape index (κ2) is 7.93. The van der Waals surface area contributed by atoms with Crippen molar-refractivity contribution in [2.45, 2.75) is 12.8 Å². The van der Waals surface area contributed by atoms with Crippen LogP contribution < -0.4 is 5.32 Å². The number of hydrogen-bond donors (Lipinski definition) is 1. The molecule has 4 nitrogen and oxygen atoms in total. The van der Waals surface area contributed by atoms with E-state index < -0.39 is 0 Å². The van der Waals surface area contributed by atoms with Gasteiger partial charge in [0.05, 0.1) is 7.11 Å². The van der Waals surface area contributed by atoms with Gasteiger partial charge in [-0.1, -0.05) is 18.2 Å². The van der Waals surface area contributed by atoms with Gasteiger partial charge in [0.1, 0.15) is 0 Å². The lowest BCUT2D eigenvalue weighted by Gasteiger charge is -2.07. The fourth-order valence-electron chi connectivity index (χ4n) is 1.94. The first-order valence-corrected chi connectivity index (χ1v) is 7.89. The van der Waals surface area contributed by atoms with Crippen LogP contribution >= 0.6 is 22.6 Å². The van der Waals surface area contributed by atoms with Crippen molar-refractivity contribution in [1.82, 2.24) is 0 Å². The number of ether oxygens (including phenoxy) is 1. The lowest BCUT2D eigenvalue weighted by Crippen LogP contribution is -2.12. The maximum Gasteiger partial charge on any atom is 0.305 e. The maximum absolute atomic E-state index is 12.1. The van der Waals surface area contributed by atoms with E-state index >= 15 is 0 Å². The molecule has 0 aromatic heterocycles. The van der Waals surface area contributed by atoms with Crippen LogP contribution in [-0.2, 0) is 16.0 Å². The van der Waals surface area contributed by atoms with E-state index in [9.17, 15) is 9.59 Å². The average molecular weight is 409 g/mol. The molecule has 1 N–H and O–H groups in total. The summed E-state index contributed by atoms with van der Waals surface area (Å²) >= 11 is 2.17. The third-order valence-electron chi connectivity index (χ3n) is 3.14. The highest BCUT2D eigenvalue weighted by molar-refractivity contribution is 14.1. The Balaban J connectivity index is 1.96. The number of nitrogens with one attached hydrogen (secondary N) is 1. The number of benzene rings is 2. The highest BCUT2D eigenvalue weighted by Crippen LogP contribution is 2.14. The topological polar surface area (TPSA) is 55.4 Å². The number of carbonyl (C=O) groups excluding carboxylic acids is 2. The molecule has 0 aliphatic carbocycles. The van der Waals surface area contributed by atoms with Crippen molar-refractivity contribution < 1.29 is 14.3 Å². The van der Waals surface area contributed by atoms with Gasteiger partial charge in [0.15, 0.2) is 0 Å². The predicted octanol–water partition coefficient (Wildman–Crippen LogP) is 3.65. The number of rotatable bonds is 5. The summed E-state index contributed by atoms with van der Waals surface area (Å²) in [5, 5.41) is 2.85. The van der Waals surface area contributed by atoms with E-state index in [1.807, 2.05) is 42.5 Å². The summed E-state index contributed by atoms with van der Waals surface area (Å²) in [7, 11) is 1.38. The fourth-order valence-corrected chi connectivity index (χ4v) is 2.48. The number of methoxy groups -OCH3 is 1. The van der Waals surface area contributed by atoms with Gasteiger partial charge >= 0.3 is 5.97 Å². The summed E-state index contributed by atoms with van der Waals surface area (Å²) < 4.78 is 5.63. The second-order valence-electron chi connectivity index (χ2n) is 4.74. The predicted molar refractivity (Wildman–Crippen MR) is 93.9 cm³/mol. The number of aryl methyl sites for hydroxylation is 1. The first-order valence-electron chi connectivity index (χ1n) is 6.81. The second-order valence-corrected chi connectivity index (χ2v) is 5.98. The molecule has 0 aliphatic heterocycles. The van der Waals surface area contributed by atoms with Gasteiger partial charge in [-0.3, -0.25) is 9.59 Å². The molecule has 0 radical (unpaired) electrons. The summed E-state index contributed by atoms with van der Waals surface area (Å²) in [5.41, 5.74) is 2.38. The Kier molecular flexibility index (Phi) is 5.94. The van der Waals surface area contributed by atoms with E-state index in [4.69, 9.17) is 0 Å². The summed E-state index contributed by atoms with van der Waals surface area (Å²) in [6.07, 6.45) is 0.975. The number of amides is 1. The normalized spacial score (nSPS) is 10.1. The zero-order chi connectivity index (χ0) is 15.9. The van der Waals surface area contributed by atoms with Gasteiger partial charge < -0.3 is 10.1 Å². The fraction of sp³-hybridized carbons (Fsp3) is 0.176. The van der Waals surface area contributed by atoms with Crippen LogP contribution in [0.25, 0.3) is 0 Å². The van der Waals surface area contributed by atoms with Gasteiger partial charge in [-0.2, -0.15) is 0 Å². The Bertz CT molecular complexity index is 668. The maximum atomic E-state index is 12.1. The van der Waals surface area contributed by atoms with Crippen LogP contribution in [0.3, 0.4) is 0 Å². The van der Waals surface area contributed by atoms with Crippen LogP contribution in [-0.4, -0.2) is 19.0 Å². The van der Waals surface area contributed by atoms with Gasteiger partial charge in [0.2, 0.25) is 0 Å². The number of esters is 1. The van der Waals surface area contributed by atoms with Crippen molar-refractivity contribution in [2.24, 2.45) is 0 Å². The summed E-state index contributed by atoms with van der Waals surface area (Å²) in [4.78, 5) is 23.2. The number of halogens is 1. The van der Waals surface area contributed by atoms with Gasteiger partial charge in [-0.05, 0) is 64.9 Å². The molecule has 0 unspecified atom stereocenters. The van der Waals surface area contributed by atoms with Crippen LogP contribution in [0, 0.1) is 3.57 Å². The van der Waals surface area contributed by atoms with Crippen LogP contribution in [0.2, 0.25) is 0 Å². The molecule has 0 bridgehead atoms. The van der Waals surface area contributed by atoms with Crippen molar-refractivity contribution >= 4 is 40.2 Å². The molecule has 5 heteroatoms. The third kappa shape index (κ3) is 4.84. The summed E-state index contributed by atoms with van der Waals surface area (Å²) in [5.74, 6) is -0.364. The van der Waals surface area contributed by atoms with Crippen LogP contribution in [0.5, 0.6) is 0 Å². The number of hydrogen-bond acceptors (Lipinski definition) is 3. The molecule has 1 amide bonds. The molecule has 0 atom stereocenters. The van der Waals surface area contributed by atoms with Gasteiger partial charge in [-0.25, -0.2) is 0 Å². The Morgan fingerprint density at radius 1 is 1.14 bits per heavy atom. The van der Waals surface area contributed by atoms with Crippen LogP contribution in [0.4, 0.5) is 5.69 Å². The van der Waals surface area contributed by atoms with Crippen molar-refractivity contribution in [1.29, 1.82) is 0 Å².